The van der Waals surface area contributed by atoms with Crippen LogP contribution in [0.3, 0.4) is 0 Å². The third-order valence-electron chi connectivity index (χ3n) is 2.69. The van der Waals surface area contributed by atoms with E-state index >= 15 is 0 Å². The smallest absolute Gasteiger partial charge is 0.268 e. The molecule has 2 heterocycles. The van der Waals surface area contributed by atoms with Crippen molar-refractivity contribution in [3.05, 3.63) is 56.3 Å². The monoisotopic (exact) mass is 382 g/mol. The standard InChI is InChI=1S/C14H8BrFN2OS2/c15-10-5-6-20-12(10)13(19)18-14-17-11(7-21-14)8-1-3-9(16)4-2-8/h1-7H,(H,17,18,19). The summed E-state index contributed by atoms with van der Waals surface area (Å²) in [5, 5.41) is 6.94. The van der Waals surface area contributed by atoms with Gasteiger partial charge < -0.3 is 0 Å². The summed E-state index contributed by atoms with van der Waals surface area (Å²) in [5.74, 6) is -0.484. The van der Waals surface area contributed by atoms with E-state index in [1.54, 1.807) is 12.1 Å². The molecule has 0 saturated heterocycles. The molecule has 0 aliphatic heterocycles. The van der Waals surface area contributed by atoms with Gasteiger partial charge in [0.05, 0.1) is 5.69 Å². The summed E-state index contributed by atoms with van der Waals surface area (Å²) in [6, 6.07) is 7.91. The molecule has 3 nitrogen and oxygen atoms in total. The highest BCUT2D eigenvalue weighted by Crippen LogP contribution is 2.27. The molecular formula is C14H8BrFN2OS2. The van der Waals surface area contributed by atoms with Crippen molar-refractivity contribution in [2.45, 2.75) is 0 Å². The van der Waals surface area contributed by atoms with Gasteiger partial charge in [0.25, 0.3) is 5.91 Å². The van der Waals surface area contributed by atoms with Crippen LogP contribution in [0.2, 0.25) is 0 Å². The van der Waals surface area contributed by atoms with Crippen molar-refractivity contribution in [2.24, 2.45) is 0 Å². The van der Waals surface area contributed by atoms with Crippen molar-refractivity contribution in [1.29, 1.82) is 0 Å². The number of carbonyl (C=O) groups is 1. The molecule has 0 atom stereocenters. The maximum Gasteiger partial charge on any atom is 0.268 e. The Morgan fingerprint density at radius 1 is 1.19 bits per heavy atom. The Bertz CT molecular complexity index is 782. The van der Waals surface area contributed by atoms with Gasteiger partial charge in [0.15, 0.2) is 5.13 Å². The van der Waals surface area contributed by atoms with E-state index in [0.717, 1.165) is 10.0 Å². The maximum atomic E-state index is 12.9. The van der Waals surface area contributed by atoms with Gasteiger partial charge in [0.2, 0.25) is 0 Å². The second-order valence-electron chi connectivity index (χ2n) is 4.10. The highest BCUT2D eigenvalue weighted by Gasteiger charge is 2.13. The lowest BCUT2D eigenvalue weighted by Gasteiger charge is -1.99. The van der Waals surface area contributed by atoms with E-state index in [-0.39, 0.29) is 11.7 Å². The molecule has 0 spiro atoms. The van der Waals surface area contributed by atoms with E-state index in [0.29, 0.717) is 15.7 Å². The number of anilines is 1. The quantitative estimate of drug-likeness (QED) is 0.690. The van der Waals surface area contributed by atoms with Crippen LogP contribution in [-0.2, 0) is 0 Å². The average molecular weight is 383 g/mol. The largest absolute Gasteiger partial charge is 0.297 e. The molecule has 0 fully saturated rings. The van der Waals surface area contributed by atoms with Crippen LogP contribution in [0, 0.1) is 5.82 Å². The zero-order valence-corrected chi connectivity index (χ0v) is 13.7. The number of thiophene rings is 1. The first-order valence-corrected chi connectivity index (χ1v) is 8.44. The molecular weight excluding hydrogens is 375 g/mol. The van der Waals surface area contributed by atoms with Crippen LogP contribution >= 0.6 is 38.6 Å². The minimum absolute atomic E-state index is 0.197. The Balaban J connectivity index is 1.78. The van der Waals surface area contributed by atoms with Gasteiger partial charge in [-0.1, -0.05) is 0 Å². The summed E-state index contributed by atoms with van der Waals surface area (Å²) >= 11 is 6.02. The summed E-state index contributed by atoms with van der Waals surface area (Å²) in [5.41, 5.74) is 1.52. The Morgan fingerprint density at radius 3 is 2.62 bits per heavy atom. The minimum atomic E-state index is -0.287. The first-order valence-electron chi connectivity index (χ1n) is 5.89. The van der Waals surface area contributed by atoms with Gasteiger partial charge in [0, 0.05) is 15.4 Å². The van der Waals surface area contributed by atoms with Crippen molar-refractivity contribution in [3.8, 4) is 11.3 Å². The van der Waals surface area contributed by atoms with Crippen LogP contribution in [0.15, 0.2) is 45.6 Å². The second-order valence-corrected chi connectivity index (χ2v) is 6.73. The lowest BCUT2D eigenvalue weighted by molar-refractivity contribution is 0.103. The lowest BCUT2D eigenvalue weighted by Crippen LogP contribution is -2.10. The molecule has 106 valence electrons. The summed E-state index contributed by atoms with van der Waals surface area (Å²) in [7, 11) is 0. The van der Waals surface area contributed by atoms with E-state index < -0.39 is 0 Å². The van der Waals surface area contributed by atoms with Crippen molar-refractivity contribution in [1.82, 2.24) is 4.98 Å². The Hall–Kier alpha value is -1.57. The number of halogens is 2. The fourth-order valence-electron chi connectivity index (χ4n) is 1.69. The van der Waals surface area contributed by atoms with Gasteiger partial charge >= 0.3 is 0 Å². The Kier molecular flexibility index (Phi) is 4.14. The number of benzene rings is 1. The van der Waals surface area contributed by atoms with E-state index in [9.17, 15) is 9.18 Å². The molecule has 7 heteroatoms. The molecule has 1 N–H and O–H groups in total. The van der Waals surface area contributed by atoms with Crippen molar-refractivity contribution in [2.75, 3.05) is 5.32 Å². The predicted molar refractivity (Wildman–Crippen MR) is 87.5 cm³/mol. The molecule has 0 aliphatic rings. The molecule has 0 unspecified atom stereocenters. The molecule has 2 aromatic heterocycles. The molecule has 21 heavy (non-hydrogen) atoms. The van der Waals surface area contributed by atoms with E-state index in [1.807, 2.05) is 16.8 Å². The number of amides is 1. The van der Waals surface area contributed by atoms with Crippen LogP contribution in [0.4, 0.5) is 9.52 Å². The minimum Gasteiger partial charge on any atom is -0.297 e. The van der Waals surface area contributed by atoms with Crippen molar-refractivity contribution < 1.29 is 9.18 Å². The molecule has 0 aliphatic carbocycles. The average Bonchev–Trinajstić information content (AvgIpc) is 3.09. The van der Waals surface area contributed by atoms with Gasteiger partial charge in [-0.05, 0) is 51.6 Å². The first-order chi connectivity index (χ1) is 10.1. The number of nitrogens with one attached hydrogen (secondary N) is 1. The molecule has 3 rings (SSSR count). The fourth-order valence-corrected chi connectivity index (χ4v) is 3.86. The van der Waals surface area contributed by atoms with Crippen LogP contribution < -0.4 is 5.32 Å². The van der Waals surface area contributed by atoms with Crippen molar-refractivity contribution in [3.63, 3.8) is 0 Å². The topological polar surface area (TPSA) is 42.0 Å². The summed E-state index contributed by atoms with van der Waals surface area (Å²) in [6.07, 6.45) is 0. The molecule has 0 bridgehead atoms. The van der Waals surface area contributed by atoms with Gasteiger partial charge in [0.1, 0.15) is 10.7 Å². The van der Waals surface area contributed by atoms with Gasteiger partial charge in [-0.25, -0.2) is 9.37 Å². The lowest BCUT2D eigenvalue weighted by atomic mass is 10.2. The zero-order valence-electron chi connectivity index (χ0n) is 10.5. The van der Waals surface area contributed by atoms with E-state index in [1.165, 1.54) is 34.8 Å². The van der Waals surface area contributed by atoms with Gasteiger partial charge in [-0.15, -0.1) is 22.7 Å². The number of hydrogen-bond acceptors (Lipinski definition) is 4. The summed E-state index contributed by atoms with van der Waals surface area (Å²) < 4.78 is 13.7. The van der Waals surface area contributed by atoms with Gasteiger partial charge in [-0.3, -0.25) is 10.1 Å². The van der Waals surface area contributed by atoms with Gasteiger partial charge in [-0.2, -0.15) is 0 Å². The third kappa shape index (κ3) is 3.20. The van der Waals surface area contributed by atoms with Crippen molar-refractivity contribution >= 4 is 49.6 Å². The second kappa shape index (κ2) is 6.05. The number of thiazole rings is 1. The molecule has 0 radical (unpaired) electrons. The summed E-state index contributed by atoms with van der Waals surface area (Å²) in [4.78, 5) is 17.0. The maximum absolute atomic E-state index is 12.9. The Labute approximate surface area is 136 Å². The number of aromatic nitrogens is 1. The highest BCUT2D eigenvalue weighted by molar-refractivity contribution is 9.10. The summed E-state index contributed by atoms with van der Waals surface area (Å²) in [6.45, 7) is 0. The molecule has 1 aromatic carbocycles. The van der Waals surface area contributed by atoms with E-state index in [2.05, 4.69) is 26.2 Å². The SMILES string of the molecule is O=C(Nc1nc(-c2ccc(F)cc2)cs1)c1sccc1Br. The number of hydrogen-bond donors (Lipinski definition) is 1. The molecule has 0 saturated carbocycles. The van der Waals surface area contributed by atoms with Crippen LogP contribution in [-0.4, -0.2) is 10.9 Å². The first kappa shape index (κ1) is 14.4. The predicted octanol–water partition coefficient (Wildman–Crippen LogP) is 5.03. The zero-order chi connectivity index (χ0) is 14.8. The normalized spacial score (nSPS) is 10.6. The fraction of sp³-hybridized carbons (Fsp3) is 0. The Morgan fingerprint density at radius 2 is 1.95 bits per heavy atom. The molecule has 3 aromatic rings. The number of rotatable bonds is 3. The molecule has 1 amide bonds. The third-order valence-corrected chi connectivity index (χ3v) is 5.28. The highest BCUT2D eigenvalue weighted by atomic mass is 79.9. The number of carbonyl (C=O) groups excluding carboxylic acids is 1. The van der Waals surface area contributed by atoms with Crippen LogP contribution in [0.25, 0.3) is 11.3 Å². The van der Waals surface area contributed by atoms with E-state index in [4.69, 9.17) is 0 Å². The van der Waals surface area contributed by atoms with Crippen LogP contribution in [0.5, 0.6) is 0 Å². The van der Waals surface area contributed by atoms with Crippen LogP contribution in [0.1, 0.15) is 9.67 Å². The number of nitrogens with zero attached hydrogens (tertiary/aromatic N) is 1.